The highest BCUT2D eigenvalue weighted by Gasteiger charge is 2.42. The van der Waals surface area contributed by atoms with Gasteiger partial charge >= 0.3 is 6.09 Å². The van der Waals surface area contributed by atoms with Gasteiger partial charge in [-0.15, -0.1) is 32.9 Å². The van der Waals surface area contributed by atoms with E-state index in [1.54, 1.807) is 30.7 Å². The van der Waals surface area contributed by atoms with Crippen molar-refractivity contribution in [1.82, 2.24) is 40.3 Å². The van der Waals surface area contributed by atoms with Crippen molar-refractivity contribution in [3.63, 3.8) is 0 Å². The maximum atomic E-state index is 12.2. The maximum absolute atomic E-state index is 12.2. The molecular weight excluding hydrogens is 604 g/mol. The average molecular weight is 637 g/mol. The van der Waals surface area contributed by atoms with Crippen LogP contribution < -0.4 is 5.32 Å². The first kappa shape index (κ1) is 31.1. The summed E-state index contributed by atoms with van der Waals surface area (Å²) < 4.78 is 19.1. The number of carbonyl (C=O) groups is 1. The van der Waals surface area contributed by atoms with Gasteiger partial charge < -0.3 is 40.0 Å². The topological polar surface area (TPSA) is 212 Å². The fraction of sp³-hybridized carbons (Fsp3) is 0.520. The number of amides is 1. The number of hydrogen-bond acceptors (Lipinski definition) is 15. The number of alkyl carbamates (subject to hydrolysis) is 1. The van der Waals surface area contributed by atoms with E-state index in [0.717, 1.165) is 20.5 Å². The molecule has 0 spiro atoms. The number of aliphatic hydroxyl groups is 4. The molecule has 4 aromatic rings. The Balaban J connectivity index is 1.01. The molecule has 1 unspecified atom stereocenters. The van der Waals surface area contributed by atoms with E-state index in [-0.39, 0.29) is 32.8 Å². The van der Waals surface area contributed by atoms with Crippen LogP contribution in [0, 0.1) is 6.92 Å². The first-order valence-electron chi connectivity index (χ1n) is 13.3. The summed E-state index contributed by atoms with van der Waals surface area (Å²) in [5.74, 6) is 0. The third kappa shape index (κ3) is 8.18. The van der Waals surface area contributed by atoms with Crippen molar-refractivity contribution in [1.29, 1.82) is 0 Å². The summed E-state index contributed by atoms with van der Waals surface area (Å²) in [4.78, 5) is 18.5. The standard InChI is InChI=1S/C25H32N8O8S2/c1-13-21(35)22(36)23(37)24(41-13)39-10-16-7-33(31-29-16)9-17(34)8-32-6-15(28-30-32)5-26-25(38)40-11-18-3-4-20(43-18)19-12-42-14(2)27-19/h3-4,6-7,12-13,17,21-24,34-37H,5,8-11H2,1-2H3,(H,26,38)/t13-,17?,21+,22+,23-,24+/m0/s1. The summed E-state index contributed by atoms with van der Waals surface area (Å²) in [6, 6.07) is 3.86. The van der Waals surface area contributed by atoms with Crippen molar-refractivity contribution in [2.45, 2.75) is 83.5 Å². The third-order valence-corrected chi connectivity index (χ3v) is 8.32. The number of ether oxygens (including phenoxy) is 3. The number of nitrogens with one attached hydrogen (secondary N) is 1. The van der Waals surface area contributed by atoms with Crippen molar-refractivity contribution in [2.24, 2.45) is 0 Å². The number of thiophene rings is 1. The van der Waals surface area contributed by atoms with Gasteiger partial charge in [0.1, 0.15) is 36.3 Å². The van der Waals surface area contributed by atoms with Crippen molar-refractivity contribution in [3.8, 4) is 10.6 Å². The first-order chi connectivity index (χ1) is 20.6. The summed E-state index contributed by atoms with van der Waals surface area (Å²) in [6.45, 7) is 3.89. The van der Waals surface area contributed by atoms with E-state index in [1.807, 2.05) is 24.4 Å². The van der Waals surface area contributed by atoms with E-state index < -0.39 is 42.9 Å². The summed E-state index contributed by atoms with van der Waals surface area (Å²) in [7, 11) is 0. The number of hydrogen-bond donors (Lipinski definition) is 5. The van der Waals surface area contributed by atoms with Gasteiger partial charge in [-0.1, -0.05) is 10.4 Å². The van der Waals surface area contributed by atoms with E-state index >= 15 is 0 Å². The molecule has 4 aromatic heterocycles. The molecule has 43 heavy (non-hydrogen) atoms. The Morgan fingerprint density at radius 3 is 2.51 bits per heavy atom. The molecule has 6 atom stereocenters. The Morgan fingerprint density at radius 1 is 1.07 bits per heavy atom. The Labute approximate surface area is 253 Å². The fourth-order valence-electron chi connectivity index (χ4n) is 4.23. The number of thiazole rings is 1. The molecular formula is C25H32N8O8S2. The molecule has 1 aliphatic heterocycles. The summed E-state index contributed by atoms with van der Waals surface area (Å²) in [6.07, 6.45) is -4.21. The first-order valence-corrected chi connectivity index (χ1v) is 15.0. The number of aryl methyl sites for hydroxylation is 1. The molecule has 1 fully saturated rings. The van der Waals surface area contributed by atoms with Gasteiger partial charge in [-0.25, -0.2) is 19.1 Å². The van der Waals surface area contributed by atoms with Crippen molar-refractivity contribution in [3.05, 3.63) is 51.2 Å². The van der Waals surface area contributed by atoms with E-state index in [2.05, 4.69) is 30.9 Å². The second-order valence-corrected chi connectivity index (χ2v) is 12.2. The molecule has 5 rings (SSSR count). The molecule has 0 radical (unpaired) electrons. The monoisotopic (exact) mass is 636 g/mol. The number of aliphatic hydroxyl groups excluding tert-OH is 4. The Kier molecular flexibility index (Phi) is 10.1. The van der Waals surface area contributed by atoms with E-state index in [9.17, 15) is 25.2 Å². The van der Waals surface area contributed by atoms with Crippen LogP contribution in [0.1, 0.15) is 28.2 Å². The van der Waals surface area contributed by atoms with Gasteiger partial charge in [-0.3, -0.25) is 0 Å². The van der Waals surface area contributed by atoms with Crippen molar-refractivity contribution in [2.75, 3.05) is 0 Å². The molecule has 1 saturated heterocycles. The molecule has 1 aliphatic rings. The largest absolute Gasteiger partial charge is 0.444 e. The van der Waals surface area contributed by atoms with Gasteiger partial charge in [0, 0.05) is 10.3 Å². The zero-order valence-electron chi connectivity index (χ0n) is 23.3. The second kappa shape index (κ2) is 14.0. The molecule has 232 valence electrons. The van der Waals surface area contributed by atoms with E-state index in [1.165, 1.54) is 20.7 Å². The van der Waals surface area contributed by atoms with Crippen LogP contribution >= 0.6 is 22.7 Å². The minimum Gasteiger partial charge on any atom is -0.444 e. The normalized spacial score (nSPS) is 22.9. The van der Waals surface area contributed by atoms with Crippen molar-refractivity contribution >= 4 is 28.8 Å². The lowest BCUT2D eigenvalue weighted by atomic mass is 10.0. The number of rotatable bonds is 12. The van der Waals surface area contributed by atoms with Crippen LogP contribution in [-0.4, -0.2) is 98.3 Å². The third-order valence-electron chi connectivity index (χ3n) is 6.46. The highest BCUT2D eigenvalue weighted by Crippen LogP contribution is 2.29. The summed E-state index contributed by atoms with van der Waals surface area (Å²) in [5, 5.41) is 61.8. The fourth-order valence-corrected chi connectivity index (χ4v) is 5.80. The number of nitrogens with zero attached hydrogens (tertiary/aromatic N) is 7. The Morgan fingerprint density at radius 2 is 1.79 bits per heavy atom. The van der Waals surface area contributed by atoms with Gasteiger partial charge in [-0.05, 0) is 26.0 Å². The number of carbonyl (C=O) groups excluding carboxylic acids is 1. The van der Waals surface area contributed by atoms with Gasteiger partial charge in [-0.2, -0.15) is 0 Å². The lowest BCUT2D eigenvalue weighted by Crippen LogP contribution is -2.57. The molecule has 16 nitrogen and oxygen atoms in total. The van der Waals surface area contributed by atoms with Gasteiger partial charge in [0.15, 0.2) is 6.29 Å². The van der Waals surface area contributed by atoms with Crippen LogP contribution in [0.2, 0.25) is 0 Å². The SMILES string of the molecule is Cc1nc(-c2ccc(COC(=O)NCc3cn(CC(O)Cn4cc(CO[C@@H]5O[C@@H](C)[C@@H](O)[C@@H](O)[C@@H]5O)nn4)nn3)s2)cs1. The predicted molar refractivity (Wildman–Crippen MR) is 150 cm³/mol. The van der Waals surface area contributed by atoms with Crippen LogP contribution in [0.15, 0.2) is 29.9 Å². The minimum absolute atomic E-state index is 0.0735. The van der Waals surface area contributed by atoms with Crippen LogP contribution in [-0.2, 0) is 47.1 Å². The van der Waals surface area contributed by atoms with E-state index in [4.69, 9.17) is 14.2 Å². The van der Waals surface area contributed by atoms with Gasteiger partial charge in [0.05, 0.1) is 66.4 Å². The Bertz CT molecular complexity index is 1490. The van der Waals surface area contributed by atoms with Gasteiger partial charge in [0.2, 0.25) is 0 Å². The zero-order chi connectivity index (χ0) is 30.5. The quantitative estimate of drug-likeness (QED) is 0.141. The molecule has 5 heterocycles. The lowest BCUT2D eigenvalue weighted by molar-refractivity contribution is -0.296. The average Bonchev–Trinajstić information content (AvgIpc) is 3.79. The lowest BCUT2D eigenvalue weighted by Gasteiger charge is -2.38. The number of aromatic nitrogens is 7. The predicted octanol–water partition coefficient (Wildman–Crippen LogP) is 0.195. The van der Waals surface area contributed by atoms with Crippen LogP contribution in [0.25, 0.3) is 10.6 Å². The highest BCUT2D eigenvalue weighted by molar-refractivity contribution is 7.16. The second-order valence-electron chi connectivity index (χ2n) is 9.96. The van der Waals surface area contributed by atoms with Crippen LogP contribution in [0.5, 0.6) is 0 Å². The highest BCUT2D eigenvalue weighted by atomic mass is 32.1. The summed E-state index contributed by atoms with van der Waals surface area (Å²) in [5.41, 5.74) is 1.81. The smallest absolute Gasteiger partial charge is 0.407 e. The molecule has 0 aromatic carbocycles. The maximum Gasteiger partial charge on any atom is 0.407 e. The van der Waals surface area contributed by atoms with Crippen LogP contribution in [0.3, 0.4) is 0 Å². The molecule has 0 bridgehead atoms. The minimum atomic E-state index is -1.42. The van der Waals surface area contributed by atoms with Crippen molar-refractivity contribution < 1.29 is 39.4 Å². The van der Waals surface area contributed by atoms with Gasteiger partial charge in [0.25, 0.3) is 0 Å². The van der Waals surface area contributed by atoms with Crippen LogP contribution in [0.4, 0.5) is 4.79 Å². The molecule has 1 amide bonds. The molecule has 0 aliphatic carbocycles. The zero-order valence-corrected chi connectivity index (χ0v) is 24.9. The molecule has 5 N–H and O–H groups in total. The van der Waals surface area contributed by atoms with E-state index in [0.29, 0.717) is 11.4 Å². The Hall–Kier alpha value is -3.36. The molecule has 0 saturated carbocycles. The molecule has 18 heteroatoms. The summed E-state index contributed by atoms with van der Waals surface area (Å²) >= 11 is 3.10.